The highest BCUT2D eigenvalue weighted by Gasteiger charge is 2.53. The fraction of sp³-hybridized carbons (Fsp3) is 0.556. The number of carbonyl (C=O) groups excluding carboxylic acids is 1. The molecule has 1 aliphatic carbocycles. The topological polar surface area (TPSA) is 53.3 Å². The average Bonchev–Trinajstić information content (AvgIpc) is 3.25. The minimum atomic E-state index is -1.09. The lowest BCUT2D eigenvalue weighted by atomic mass is 9.94. The summed E-state index contributed by atoms with van der Waals surface area (Å²) < 4.78 is 12.9. The molecule has 6 heteroatoms. The van der Waals surface area contributed by atoms with Crippen molar-refractivity contribution in [2.75, 3.05) is 13.7 Å². The number of aromatic nitrogens is 2. The highest BCUT2D eigenvalue weighted by Crippen LogP contribution is 2.51. The number of nitrogens with zero attached hydrogens (tertiary/aromatic N) is 2. The van der Waals surface area contributed by atoms with Gasteiger partial charge in [-0.25, -0.2) is 4.98 Å². The summed E-state index contributed by atoms with van der Waals surface area (Å²) in [6.45, 7) is 8.26. The lowest BCUT2D eigenvalue weighted by Gasteiger charge is -2.17. The molecule has 1 fully saturated rings. The van der Waals surface area contributed by atoms with Gasteiger partial charge in [-0.15, -0.1) is 0 Å². The molecule has 1 aromatic heterocycles. The lowest BCUT2D eigenvalue weighted by Crippen LogP contribution is -2.23. The summed E-state index contributed by atoms with van der Waals surface area (Å²) in [7, 11) is 0.363. The minimum absolute atomic E-state index is 0.151. The van der Waals surface area contributed by atoms with Gasteiger partial charge in [0.1, 0.15) is 6.73 Å². The number of benzene rings is 1. The summed E-state index contributed by atoms with van der Waals surface area (Å²) in [6.07, 6.45) is 3.47. The van der Waals surface area contributed by atoms with E-state index in [-0.39, 0.29) is 5.97 Å². The van der Waals surface area contributed by atoms with Crippen molar-refractivity contribution in [3.63, 3.8) is 0 Å². The Hall–Kier alpha value is -1.66. The Morgan fingerprint density at radius 1 is 1.33 bits per heavy atom. The molecule has 130 valence electrons. The van der Waals surface area contributed by atoms with Gasteiger partial charge in [0, 0.05) is 14.7 Å². The largest absolute Gasteiger partial charge is 0.468 e. The van der Waals surface area contributed by atoms with Crippen LogP contribution in [0.2, 0.25) is 25.7 Å². The SMILES string of the molecule is COC(=O)C1(c2cccc3ncn(COCC[Si](C)(C)C)c23)CC1. The summed E-state index contributed by atoms with van der Waals surface area (Å²) in [4.78, 5) is 16.7. The van der Waals surface area contributed by atoms with E-state index < -0.39 is 13.5 Å². The van der Waals surface area contributed by atoms with Gasteiger partial charge in [0.2, 0.25) is 0 Å². The summed E-state index contributed by atoms with van der Waals surface area (Å²) in [5.41, 5.74) is 2.41. The van der Waals surface area contributed by atoms with E-state index in [1.807, 2.05) is 22.8 Å². The van der Waals surface area contributed by atoms with Crippen LogP contribution in [0.3, 0.4) is 0 Å². The van der Waals surface area contributed by atoms with Crippen LogP contribution in [0.5, 0.6) is 0 Å². The molecule has 1 aromatic carbocycles. The smallest absolute Gasteiger partial charge is 0.316 e. The van der Waals surface area contributed by atoms with Crippen molar-refractivity contribution in [1.82, 2.24) is 9.55 Å². The van der Waals surface area contributed by atoms with Gasteiger partial charge in [-0.2, -0.15) is 0 Å². The molecule has 0 N–H and O–H groups in total. The van der Waals surface area contributed by atoms with Crippen molar-refractivity contribution in [3.8, 4) is 0 Å². The molecular weight excluding hydrogens is 320 g/mol. The quantitative estimate of drug-likeness (QED) is 0.437. The first-order valence-electron chi connectivity index (χ1n) is 8.48. The van der Waals surface area contributed by atoms with Crippen LogP contribution in [0, 0.1) is 0 Å². The molecule has 0 radical (unpaired) electrons. The number of ether oxygens (including phenoxy) is 2. The molecule has 5 nitrogen and oxygen atoms in total. The Morgan fingerprint density at radius 3 is 2.71 bits per heavy atom. The summed E-state index contributed by atoms with van der Waals surface area (Å²) in [6, 6.07) is 7.10. The number of imidazole rings is 1. The van der Waals surface area contributed by atoms with Gasteiger partial charge in [0.25, 0.3) is 0 Å². The Kier molecular flexibility index (Phi) is 4.53. The van der Waals surface area contributed by atoms with Crippen molar-refractivity contribution >= 4 is 25.1 Å². The maximum absolute atomic E-state index is 12.3. The fourth-order valence-electron chi connectivity index (χ4n) is 3.06. The second-order valence-electron chi connectivity index (χ2n) is 7.81. The summed E-state index contributed by atoms with van der Waals surface area (Å²) >= 11 is 0. The molecule has 0 spiro atoms. The van der Waals surface area contributed by atoms with Crippen LogP contribution in [-0.4, -0.2) is 37.3 Å². The zero-order valence-corrected chi connectivity index (χ0v) is 16.0. The van der Waals surface area contributed by atoms with E-state index >= 15 is 0 Å². The van der Waals surface area contributed by atoms with Crippen molar-refractivity contribution in [1.29, 1.82) is 0 Å². The first-order valence-corrected chi connectivity index (χ1v) is 12.2. The van der Waals surface area contributed by atoms with Crippen LogP contribution < -0.4 is 0 Å². The Bertz CT molecular complexity index is 744. The van der Waals surface area contributed by atoms with E-state index in [1.165, 1.54) is 7.11 Å². The normalized spacial score (nSPS) is 16.3. The van der Waals surface area contributed by atoms with Crippen LogP contribution in [-0.2, 0) is 26.4 Å². The first kappa shape index (κ1) is 17.2. The van der Waals surface area contributed by atoms with Crippen LogP contribution in [0.4, 0.5) is 0 Å². The maximum atomic E-state index is 12.3. The number of para-hydroxylation sites is 1. The van der Waals surface area contributed by atoms with Crippen molar-refractivity contribution in [3.05, 3.63) is 30.1 Å². The van der Waals surface area contributed by atoms with E-state index in [0.29, 0.717) is 6.73 Å². The van der Waals surface area contributed by atoms with E-state index in [0.717, 1.165) is 42.1 Å². The van der Waals surface area contributed by atoms with E-state index in [2.05, 4.69) is 24.6 Å². The lowest BCUT2D eigenvalue weighted by molar-refractivity contribution is -0.143. The summed E-state index contributed by atoms with van der Waals surface area (Å²) in [5.74, 6) is -0.151. The standard InChI is InChI=1S/C18H26N2O3Si/c1-22-17(21)18(8-9-18)14-6-5-7-15-16(14)20(12-19-15)13-23-10-11-24(2,3)4/h5-7,12H,8-11,13H2,1-4H3. The zero-order chi connectivity index (χ0) is 17.4. The number of methoxy groups -OCH3 is 1. The molecule has 3 rings (SSSR count). The van der Waals surface area contributed by atoms with Crippen molar-refractivity contribution in [2.45, 2.75) is 50.7 Å². The van der Waals surface area contributed by atoms with Crippen molar-refractivity contribution < 1.29 is 14.3 Å². The minimum Gasteiger partial charge on any atom is -0.468 e. The summed E-state index contributed by atoms with van der Waals surface area (Å²) in [5, 5.41) is 0. The molecule has 0 unspecified atom stereocenters. The van der Waals surface area contributed by atoms with Gasteiger partial charge in [-0.3, -0.25) is 4.79 Å². The van der Waals surface area contributed by atoms with Crippen LogP contribution in [0.1, 0.15) is 18.4 Å². The highest BCUT2D eigenvalue weighted by atomic mass is 28.3. The van der Waals surface area contributed by atoms with Gasteiger partial charge in [0.05, 0.1) is 29.9 Å². The molecule has 0 bridgehead atoms. The molecule has 0 atom stereocenters. The molecular formula is C18H26N2O3Si. The van der Waals surface area contributed by atoms with Gasteiger partial charge >= 0.3 is 5.97 Å². The fourth-order valence-corrected chi connectivity index (χ4v) is 3.81. The zero-order valence-electron chi connectivity index (χ0n) is 15.0. The first-order chi connectivity index (χ1) is 11.4. The predicted octanol–water partition coefficient (Wildman–Crippen LogP) is 3.55. The number of fused-ring (bicyclic) bond motifs is 1. The van der Waals surface area contributed by atoms with Crippen molar-refractivity contribution in [2.24, 2.45) is 0 Å². The predicted molar refractivity (Wildman–Crippen MR) is 96.8 cm³/mol. The monoisotopic (exact) mass is 346 g/mol. The molecule has 0 saturated heterocycles. The van der Waals surface area contributed by atoms with E-state index in [4.69, 9.17) is 9.47 Å². The van der Waals surface area contributed by atoms with Crippen LogP contribution in [0.25, 0.3) is 11.0 Å². The number of hydrogen-bond donors (Lipinski definition) is 0. The highest BCUT2D eigenvalue weighted by molar-refractivity contribution is 6.76. The number of esters is 1. The van der Waals surface area contributed by atoms with Crippen LogP contribution in [0.15, 0.2) is 24.5 Å². The molecule has 2 aromatic rings. The van der Waals surface area contributed by atoms with E-state index in [1.54, 1.807) is 6.33 Å². The van der Waals surface area contributed by atoms with E-state index in [9.17, 15) is 4.79 Å². The second-order valence-corrected chi connectivity index (χ2v) is 13.4. The third-order valence-electron chi connectivity index (χ3n) is 4.71. The third kappa shape index (κ3) is 3.25. The maximum Gasteiger partial charge on any atom is 0.316 e. The number of hydrogen-bond acceptors (Lipinski definition) is 4. The molecule has 1 aliphatic rings. The molecule has 1 heterocycles. The molecule has 24 heavy (non-hydrogen) atoms. The second kappa shape index (κ2) is 6.33. The van der Waals surface area contributed by atoms with Gasteiger partial charge in [0.15, 0.2) is 0 Å². The molecule has 1 saturated carbocycles. The Balaban J connectivity index is 1.84. The Morgan fingerprint density at radius 2 is 2.08 bits per heavy atom. The molecule has 0 aliphatic heterocycles. The number of carbonyl (C=O) groups is 1. The third-order valence-corrected chi connectivity index (χ3v) is 6.41. The van der Waals surface area contributed by atoms with Crippen LogP contribution >= 0.6 is 0 Å². The van der Waals surface area contributed by atoms with Gasteiger partial charge in [-0.05, 0) is 30.5 Å². The Labute approximate surface area is 144 Å². The van der Waals surface area contributed by atoms with Gasteiger partial charge in [-0.1, -0.05) is 31.8 Å². The molecule has 0 amide bonds. The average molecular weight is 347 g/mol. The van der Waals surface area contributed by atoms with Gasteiger partial charge < -0.3 is 14.0 Å². The number of rotatable bonds is 7.